The Kier molecular flexibility index (Phi) is 15.7. The quantitative estimate of drug-likeness (QED) is 0.0857. The Bertz CT molecular complexity index is 1010. The fourth-order valence-electron chi connectivity index (χ4n) is 3.97. The summed E-state index contributed by atoms with van der Waals surface area (Å²) in [6.45, 7) is 22.0. The van der Waals surface area contributed by atoms with Gasteiger partial charge in [-0.05, 0) is 0 Å². The van der Waals surface area contributed by atoms with Gasteiger partial charge >= 0.3 is 31.1 Å². The topological polar surface area (TPSA) is 72.8 Å². The summed E-state index contributed by atoms with van der Waals surface area (Å²) in [6, 6.07) is 19.9. The molecule has 4 aromatic carbocycles. The molecule has 0 unspecified atom stereocenters. The van der Waals surface area contributed by atoms with Gasteiger partial charge in [0.25, 0.3) is 0 Å². The van der Waals surface area contributed by atoms with Crippen LogP contribution in [0.1, 0.15) is 55.6 Å². The maximum absolute atomic E-state index is 6.75. The van der Waals surface area contributed by atoms with Crippen molar-refractivity contribution in [2.75, 3.05) is 0 Å². The predicted octanol–water partition coefficient (Wildman–Crippen LogP) is 10.8. The van der Waals surface area contributed by atoms with E-state index in [-0.39, 0.29) is 31.1 Å². The molecule has 0 bridgehead atoms. The SMILES string of the molecule is Cc1c(C)c(C)[c-](C)c1C.Cc1c(C)c(C)[c-](C)c1C.[N-]=[N+]=[N-].[U+4].c1ccc([N-]c2ccccc2)cc1. The van der Waals surface area contributed by atoms with Gasteiger partial charge in [-0.25, -0.2) is 0 Å². The number of benzene rings is 2. The zero-order valence-electron chi connectivity index (χ0n) is 24.1. The Balaban J connectivity index is 0.000000498. The van der Waals surface area contributed by atoms with Gasteiger partial charge in [-0.15, -0.1) is 11.4 Å². The Morgan fingerprint density at radius 2 is 0.730 bits per heavy atom. The van der Waals surface area contributed by atoms with Crippen molar-refractivity contribution in [2.45, 2.75) is 69.2 Å². The number of hydrogen-bond acceptors (Lipinski definition) is 0. The number of hydrogen-bond donors (Lipinski definition) is 0. The van der Waals surface area contributed by atoms with Crippen molar-refractivity contribution in [2.24, 2.45) is 0 Å². The van der Waals surface area contributed by atoms with Crippen LogP contribution < -0.4 is 0 Å². The number of rotatable bonds is 2. The molecule has 4 rings (SSSR count). The molecule has 0 radical (unpaired) electrons. The first-order valence-corrected chi connectivity index (χ1v) is 12.2. The van der Waals surface area contributed by atoms with Crippen LogP contribution in [0.25, 0.3) is 21.3 Å². The molecule has 0 N–H and O–H groups in total. The zero-order chi connectivity index (χ0) is 27.4. The Labute approximate surface area is 248 Å². The average molecular weight is 719 g/mol. The van der Waals surface area contributed by atoms with Gasteiger partial charge in [0.05, 0.1) is 0 Å². The molecule has 0 heterocycles. The third-order valence-electron chi connectivity index (χ3n) is 7.40. The summed E-state index contributed by atoms with van der Waals surface area (Å²) in [5.41, 5.74) is 30.2. The van der Waals surface area contributed by atoms with E-state index in [4.69, 9.17) is 11.1 Å². The molecule has 0 amide bonds. The molecule has 4 aromatic rings. The minimum Gasteiger partial charge on any atom is -0.658 e. The van der Waals surface area contributed by atoms with E-state index < -0.39 is 0 Å². The van der Waals surface area contributed by atoms with Crippen molar-refractivity contribution >= 4 is 11.4 Å². The summed E-state index contributed by atoms with van der Waals surface area (Å²) in [5, 5.41) is 4.44. The maximum atomic E-state index is 6.75. The maximum Gasteiger partial charge on any atom is 4.00 e. The largest absolute Gasteiger partial charge is 4.00 e. The summed E-state index contributed by atoms with van der Waals surface area (Å²) in [5.74, 6) is 0. The second-order valence-corrected chi connectivity index (χ2v) is 9.12. The number of nitrogens with zero attached hydrogens (tertiary/aromatic N) is 4. The van der Waals surface area contributed by atoms with E-state index in [9.17, 15) is 0 Å². The second-order valence-electron chi connectivity index (χ2n) is 9.12. The van der Waals surface area contributed by atoms with Crippen LogP contribution in [-0.2, 0) is 0 Å². The van der Waals surface area contributed by atoms with Crippen LogP contribution in [0.2, 0.25) is 0 Å². The minimum absolute atomic E-state index is 0. The van der Waals surface area contributed by atoms with E-state index in [2.05, 4.69) is 74.6 Å². The molecule has 0 aliphatic rings. The Morgan fingerprint density at radius 3 is 0.892 bits per heavy atom. The normalized spacial score (nSPS) is 9.24. The second kappa shape index (κ2) is 16.9. The Morgan fingerprint density at radius 1 is 0.514 bits per heavy atom. The van der Waals surface area contributed by atoms with E-state index in [1.807, 2.05) is 60.7 Å². The van der Waals surface area contributed by atoms with Crippen molar-refractivity contribution in [3.05, 3.63) is 138 Å². The average Bonchev–Trinajstić information content (AvgIpc) is 3.16. The number of para-hydroxylation sites is 2. The van der Waals surface area contributed by atoms with Gasteiger partial charge < -0.3 is 16.4 Å². The van der Waals surface area contributed by atoms with Crippen molar-refractivity contribution in [3.63, 3.8) is 0 Å². The molecule has 0 saturated heterocycles. The summed E-state index contributed by atoms with van der Waals surface area (Å²) in [7, 11) is 0. The van der Waals surface area contributed by atoms with E-state index in [0.29, 0.717) is 0 Å². The molecule has 0 spiro atoms. The van der Waals surface area contributed by atoms with E-state index in [1.54, 1.807) is 0 Å². The van der Waals surface area contributed by atoms with Gasteiger partial charge in [0.1, 0.15) is 0 Å². The summed E-state index contributed by atoms with van der Waals surface area (Å²) >= 11 is 0. The van der Waals surface area contributed by atoms with Gasteiger partial charge in [-0.3, -0.25) is 4.91 Å². The van der Waals surface area contributed by atoms with Gasteiger partial charge in [0.15, 0.2) is 0 Å². The smallest absolute Gasteiger partial charge is 0.658 e. The molecule has 4 nitrogen and oxygen atoms in total. The molecule has 0 saturated carbocycles. The molecule has 0 atom stereocenters. The molecule has 192 valence electrons. The Hall–Kier alpha value is -2.70. The van der Waals surface area contributed by atoms with Crippen LogP contribution in [0.3, 0.4) is 0 Å². The zero-order valence-corrected chi connectivity index (χ0v) is 28.2. The summed E-state index contributed by atoms with van der Waals surface area (Å²) < 4.78 is 0. The van der Waals surface area contributed by atoms with Crippen molar-refractivity contribution in [1.29, 1.82) is 0 Å². The van der Waals surface area contributed by atoms with E-state index in [0.717, 1.165) is 11.4 Å². The molecule has 0 fully saturated rings. The predicted molar refractivity (Wildman–Crippen MR) is 157 cm³/mol. The van der Waals surface area contributed by atoms with Crippen molar-refractivity contribution < 1.29 is 31.1 Å². The van der Waals surface area contributed by atoms with Crippen molar-refractivity contribution in [3.8, 4) is 0 Å². The molecule has 5 heteroatoms. The van der Waals surface area contributed by atoms with Gasteiger partial charge in [0.2, 0.25) is 0 Å². The molecular weight excluding hydrogens is 678 g/mol. The van der Waals surface area contributed by atoms with Crippen LogP contribution in [0.15, 0.2) is 60.7 Å². The molecule has 0 aliphatic carbocycles. The van der Waals surface area contributed by atoms with Crippen LogP contribution in [-0.4, -0.2) is 0 Å². The van der Waals surface area contributed by atoms with Crippen LogP contribution in [0, 0.1) is 100 Å². The molecular formula is C32H40N4U. The minimum atomic E-state index is 0. The van der Waals surface area contributed by atoms with Crippen LogP contribution >= 0.6 is 0 Å². The van der Waals surface area contributed by atoms with Gasteiger partial charge in [-0.1, -0.05) is 130 Å². The fraction of sp³-hybridized carbons (Fsp3) is 0.312. The van der Waals surface area contributed by atoms with Crippen LogP contribution in [0.5, 0.6) is 0 Å². The summed E-state index contributed by atoms with van der Waals surface area (Å²) in [6.07, 6.45) is 0. The first-order chi connectivity index (χ1) is 17.0. The molecule has 0 aliphatic heterocycles. The van der Waals surface area contributed by atoms with E-state index in [1.165, 1.54) is 60.5 Å². The van der Waals surface area contributed by atoms with Gasteiger partial charge in [0, 0.05) is 0 Å². The van der Waals surface area contributed by atoms with E-state index >= 15 is 0 Å². The van der Waals surface area contributed by atoms with Crippen LogP contribution in [0.4, 0.5) is 11.4 Å². The third-order valence-corrected chi connectivity index (χ3v) is 7.40. The monoisotopic (exact) mass is 718 g/mol. The first-order valence-electron chi connectivity index (χ1n) is 12.2. The molecule has 0 aromatic heterocycles. The summed E-state index contributed by atoms with van der Waals surface area (Å²) in [4.78, 5) is 1.50. The first kappa shape index (κ1) is 34.3. The molecule has 37 heavy (non-hydrogen) atoms. The van der Waals surface area contributed by atoms with Crippen molar-refractivity contribution in [1.82, 2.24) is 0 Å². The standard InChI is InChI=1S/C12H10N.2C10H15.N3.U/c1-3-7-11(8-4-1)13-12-9-5-2-6-10-12;2*1-6-7(2)9(4)10(5)8(6)3;1-3-2;/h1-10H;2*1-5H3;;/q4*-1;+4. The van der Waals surface area contributed by atoms with Gasteiger partial charge in [-0.2, -0.15) is 55.6 Å². The third kappa shape index (κ3) is 9.94. The fourth-order valence-corrected chi connectivity index (χ4v) is 3.97.